The second kappa shape index (κ2) is 7.13. The summed E-state index contributed by atoms with van der Waals surface area (Å²) in [6, 6.07) is 14.6. The summed E-state index contributed by atoms with van der Waals surface area (Å²) in [6.07, 6.45) is 0. The smallest absolute Gasteiger partial charge is 0.248 e. The van der Waals surface area contributed by atoms with E-state index in [1.165, 1.54) is 17.3 Å². The molecule has 0 aliphatic heterocycles. The van der Waals surface area contributed by atoms with E-state index in [2.05, 4.69) is 5.32 Å². The van der Waals surface area contributed by atoms with Gasteiger partial charge < -0.3 is 11.1 Å². The van der Waals surface area contributed by atoms with Crippen LogP contribution in [0.5, 0.6) is 0 Å². The predicted octanol–water partition coefficient (Wildman–Crippen LogP) is 3.21. The van der Waals surface area contributed by atoms with Crippen LogP contribution in [0.25, 0.3) is 0 Å². The summed E-state index contributed by atoms with van der Waals surface area (Å²) >= 11 is 1.50. The zero-order chi connectivity index (χ0) is 16.1. The molecule has 0 aliphatic carbocycles. The average molecular weight is 314 g/mol. The Labute approximate surface area is 134 Å². The van der Waals surface area contributed by atoms with Crippen molar-refractivity contribution in [3.63, 3.8) is 0 Å². The van der Waals surface area contributed by atoms with Crippen LogP contribution < -0.4 is 11.1 Å². The molecule has 0 heterocycles. The fraction of sp³-hybridized carbons (Fsp3) is 0.176. The van der Waals surface area contributed by atoms with Crippen molar-refractivity contribution in [1.29, 1.82) is 0 Å². The summed E-state index contributed by atoms with van der Waals surface area (Å²) in [5.41, 5.74) is 7.43. The molecule has 0 aliphatic rings. The number of rotatable bonds is 5. The molecule has 0 unspecified atom stereocenters. The molecule has 2 amide bonds. The molecule has 0 saturated heterocycles. The van der Waals surface area contributed by atoms with Crippen molar-refractivity contribution in [3.05, 3.63) is 59.7 Å². The second-order valence-electron chi connectivity index (χ2n) is 5.00. The Kier molecular flexibility index (Phi) is 5.22. The number of primary amides is 1. The lowest BCUT2D eigenvalue weighted by molar-refractivity contribution is -0.115. The van der Waals surface area contributed by atoms with Crippen LogP contribution in [0.2, 0.25) is 0 Å². The van der Waals surface area contributed by atoms with Gasteiger partial charge >= 0.3 is 0 Å². The highest BCUT2D eigenvalue weighted by Crippen LogP contribution is 2.24. The molecule has 2 aromatic carbocycles. The summed E-state index contributed by atoms with van der Waals surface area (Å²) in [4.78, 5) is 24.2. The number of nitrogens with two attached hydrogens (primary N) is 1. The zero-order valence-electron chi connectivity index (χ0n) is 12.5. The van der Waals surface area contributed by atoms with E-state index in [0.29, 0.717) is 11.3 Å². The topological polar surface area (TPSA) is 72.2 Å². The summed E-state index contributed by atoms with van der Waals surface area (Å²) < 4.78 is 0. The molecular formula is C17H18N2O2S. The zero-order valence-corrected chi connectivity index (χ0v) is 13.3. The van der Waals surface area contributed by atoms with Crippen molar-refractivity contribution < 1.29 is 9.59 Å². The predicted molar refractivity (Wildman–Crippen MR) is 90.1 cm³/mol. The highest BCUT2D eigenvalue weighted by atomic mass is 32.2. The first-order valence-corrected chi connectivity index (χ1v) is 7.78. The highest BCUT2D eigenvalue weighted by Gasteiger charge is 2.14. The Balaban J connectivity index is 1.95. The van der Waals surface area contributed by atoms with E-state index < -0.39 is 5.91 Å². The van der Waals surface area contributed by atoms with E-state index in [4.69, 9.17) is 5.73 Å². The average Bonchev–Trinajstić information content (AvgIpc) is 2.50. The lowest BCUT2D eigenvalue weighted by Gasteiger charge is -2.12. The number of aryl methyl sites for hydroxylation is 1. The number of nitrogens with one attached hydrogen (secondary N) is 1. The monoisotopic (exact) mass is 314 g/mol. The van der Waals surface area contributed by atoms with Gasteiger partial charge in [0.2, 0.25) is 11.8 Å². The molecule has 0 aromatic heterocycles. The molecular weight excluding hydrogens is 296 g/mol. The Morgan fingerprint density at radius 3 is 2.18 bits per heavy atom. The SMILES string of the molecule is Cc1ccc(S[C@@H](C)C(=O)Nc2ccc(C(N)=O)cc2)cc1. The number of hydrogen-bond donors (Lipinski definition) is 2. The Morgan fingerprint density at radius 1 is 1.05 bits per heavy atom. The third-order valence-corrected chi connectivity index (χ3v) is 4.25. The molecule has 0 spiro atoms. The van der Waals surface area contributed by atoms with Gasteiger partial charge in [-0.2, -0.15) is 0 Å². The minimum atomic E-state index is -0.485. The molecule has 3 N–H and O–H groups in total. The standard InChI is InChI=1S/C17H18N2O2S/c1-11-3-9-15(10-4-11)22-12(2)17(21)19-14-7-5-13(6-8-14)16(18)20/h3-10,12H,1-2H3,(H2,18,20)(H,19,21)/t12-/m0/s1. The summed E-state index contributed by atoms with van der Waals surface area (Å²) in [5, 5.41) is 2.60. The fourth-order valence-electron chi connectivity index (χ4n) is 1.84. The third kappa shape index (κ3) is 4.36. The molecule has 0 radical (unpaired) electrons. The van der Waals surface area contributed by atoms with Crippen LogP contribution in [0.1, 0.15) is 22.8 Å². The number of anilines is 1. The van der Waals surface area contributed by atoms with Gasteiger partial charge in [0, 0.05) is 16.1 Å². The van der Waals surface area contributed by atoms with Crippen LogP contribution in [0.3, 0.4) is 0 Å². The van der Waals surface area contributed by atoms with Crippen molar-refractivity contribution in [2.24, 2.45) is 5.73 Å². The molecule has 2 rings (SSSR count). The normalized spacial score (nSPS) is 11.7. The van der Waals surface area contributed by atoms with Crippen LogP contribution in [0, 0.1) is 6.92 Å². The molecule has 4 nitrogen and oxygen atoms in total. The highest BCUT2D eigenvalue weighted by molar-refractivity contribution is 8.00. The Bertz CT molecular complexity index is 666. The van der Waals surface area contributed by atoms with E-state index in [0.717, 1.165) is 4.90 Å². The van der Waals surface area contributed by atoms with Gasteiger partial charge in [-0.15, -0.1) is 11.8 Å². The van der Waals surface area contributed by atoms with Gasteiger partial charge in [0.25, 0.3) is 0 Å². The molecule has 22 heavy (non-hydrogen) atoms. The lowest BCUT2D eigenvalue weighted by atomic mass is 10.2. The van der Waals surface area contributed by atoms with Crippen molar-refractivity contribution in [1.82, 2.24) is 0 Å². The summed E-state index contributed by atoms with van der Waals surface area (Å²) in [5.74, 6) is -0.571. The molecule has 0 fully saturated rings. The maximum absolute atomic E-state index is 12.2. The van der Waals surface area contributed by atoms with E-state index >= 15 is 0 Å². The van der Waals surface area contributed by atoms with Crippen LogP contribution >= 0.6 is 11.8 Å². The van der Waals surface area contributed by atoms with Crippen molar-refractivity contribution in [3.8, 4) is 0 Å². The van der Waals surface area contributed by atoms with Gasteiger partial charge in [0.05, 0.1) is 5.25 Å². The Hall–Kier alpha value is -2.27. The number of thioether (sulfide) groups is 1. The van der Waals surface area contributed by atoms with Crippen molar-refractivity contribution >= 4 is 29.3 Å². The van der Waals surface area contributed by atoms with Crippen LogP contribution in [0.4, 0.5) is 5.69 Å². The molecule has 114 valence electrons. The lowest BCUT2D eigenvalue weighted by Crippen LogP contribution is -2.22. The first-order chi connectivity index (χ1) is 10.5. The van der Waals surface area contributed by atoms with Gasteiger partial charge in [-0.05, 0) is 50.2 Å². The van der Waals surface area contributed by atoms with Crippen LogP contribution in [-0.4, -0.2) is 17.1 Å². The molecule has 1 atom stereocenters. The van der Waals surface area contributed by atoms with Crippen LogP contribution in [0.15, 0.2) is 53.4 Å². The molecule has 2 aromatic rings. The maximum Gasteiger partial charge on any atom is 0.248 e. The molecule has 0 bridgehead atoms. The quantitative estimate of drug-likeness (QED) is 0.832. The van der Waals surface area contributed by atoms with Gasteiger partial charge in [-0.3, -0.25) is 9.59 Å². The van der Waals surface area contributed by atoms with Gasteiger partial charge in [0.15, 0.2) is 0 Å². The van der Waals surface area contributed by atoms with E-state index in [1.807, 2.05) is 38.1 Å². The maximum atomic E-state index is 12.2. The fourth-order valence-corrected chi connectivity index (χ4v) is 2.70. The van der Waals surface area contributed by atoms with Crippen molar-refractivity contribution in [2.75, 3.05) is 5.32 Å². The molecule has 0 saturated carbocycles. The minimum Gasteiger partial charge on any atom is -0.366 e. The van der Waals surface area contributed by atoms with E-state index in [9.17, 15) is 9.59 Å². The number of carbonyl (C=O) groups excluding carboxylic acids is 2. The van der Waals surface area contributed by atoms with Gasteiger partial charge in [-0.1, -0.05) is 17.7 Å². The largest absolute Gasteiger partial charge is 0.366 e. The van der Waals surface area contributed by atoms with Crippen molar-refractivity contribution in [2.45, 2.75) is 24.0 Å². The summed E-state index contributed by atoms with van der Waals surface area (Å²) in [6.45, 7) is 3.89. The van der Waals surface area contributed by atoms with Crippen LogP contribution in [-0.2, 0) is 4.79 Å². The minimum absolute atomic E-state index is 0.0857. The molecule has 5 heteroatoms. The van der Waals surface area contributed by atoms with E-state index in [-0.39, 0.29) is 11.2 Å². The van der Waals surface area contributed by atoms with E-state index in [1.54, 1.807) is 24.3 Å². The van der Waals surface area contributed by atoms with Gasteiger partial charge in [0.1, 0.15) is 0 Å². The number of benzene rings is 2. The first-order valence-electron chi connectivity index (χ1n) is 6.90. The number of carbonyl (C=O) groups is 2. The summed E-state index contributed by atoms with van der Waals surface area (Å²) in [7, 11) is 0. The third-order valence-electron chi connectivity index (χ3n) is 3.14. The second-order valence-corrected chi connectivity index (χ2v) is 6.42. The Morgan fingerprint density at radius 2 is 1.64 bits per heavy atom. The van der Waals surface area contributed by atoms with Gasteiger partial charge in [-0.25, -0.2) is 0 Å². The first kappa shape index (κ1) is 16.1. The number of hydrogen-bond acceptors (Lipinski definition) is 3. The number of amides is 2.